The van der Waals surface area contributed by atoms with E-state index in [4.69, 9.17) is 0 Å². The van der Waals surface area contributed by atoms with E-state index in [1.807, 2.05) is 36.0 Å². The number of hydrogen-bond donors (Lipinski definition) is 1. The summed E-state index contributed by atoms with van der Waals surface area (Å²) in [5, 5.41) is 11.7. The molecule has 17 heavy (non-hydrogen) atoms. The molecule has 3 rings (SSSR count). The molecule has 0 bridgehead atoms. The average Bonchev–Trinajstić information content (AvgIpc) is 2.40. The van der Waals surface area contributed by atoms with Gasteiger partial charge in [0.2, 0.25) is 5.95 Å². The molecular formula is C12H14N4S. The van der Waals surface area contributed by atoms with Crippen molar-refractivity contribution < 1.29 is 0 Å². The number of nitrogens with one attached hydrogen (secondary N) is 1. The van der Waals surface area contributed by atoms with Gasteiger partial charge in [0, 0.05) is 11.8 Å². The zero-order valence-corrected chi connectivity index (χ0v) is 10.3. The molecule has 1 unspecified atom stereocenters. The molecule has 1 aromatic heterocycles. The third kappa shape index (κ3) is 2.49. The predicted molar refractivity (Wildman–Crippen MR) is 71.3 cm³/mol. The third-order valence-corrected chi connectivity index (χ3v) is 4.07. The van der Waals surface area contributed by atoms with Crippen LogP contribution in [0.1, 0.15) is 12.8 Å². The van der Waals surface area contributed by atoms with Crippen LogP contribution in [0, 0.1) is 0 Å². The second-order valence-corrected chi connectivity index (χ2v) is 5.33. The average molecular weight is 246 g/mol. The summed E-state index contributed by atoms with van der Waals surface area (Å²) in [4.78, 5) is 4.48. The highest BCUT2D eigenvalue weighted by Gasteiger charge is 2.14. The van der Waals surface area contributed by atoms with Crippen LogP contribution in [-0.2, 0) is 0 Å². The standard InChI is InChI=1S/C12H14N4S/c1-2-6-11-10(5-1)14-12(16-15-11)13-9-4-3-7-17-8-9/h1-2,5-6,9H,3-4,7-8H2,(H,13,14,16). The lowest BCUT2D eigenvalue weighted by molar-refractivity contribution is 0.677. The number of nitrogens with zero attached hydrogens (tertiary/aromatic N) is 3. The number of thioether (sulfide) groups is 1. The van der Waals surface area contributed by atoms with Gasteiger partial charge in [0.15, 0.2) is 0 Å². The molecule has 1 aliphatic rings. The van der Waals surface area contributed by atoms with Gasteiger partial charge >= 0.3 is 0 Å². The fraction of sp³-hybridized carbons (Fsp3) is 0.417. The van der Waals surface area contributed by atoms with Crippen molar-refractivity contribution in [3.05, 3.63) is 24.3 Å². The Bertz CT molecular complexity index is 511. The molecule has 0 spiro atoms. The predicted octanol–water partition coefficient (Wildman–Crippen LogP) is 2.33. The Morgan fingerprint density at radius 1 is 1.18 bits per heavy atom. The molecule has 0 amide bonds. The van der Waals surface area contributed by atoms with E-state index in [-0.39, 0.29) is 0 Å². The summed E-state index contributed by atoms with van der Waals surface area (Å²) in [6.07, 6.45) is 2.46. The Morgan fingerprint density at radius 2 is 2.06 bits per heavy atom. The molecule has 5 heteroatoms. The van der Waals surface area contributed by atoms with Crippen molar-refractivity contribution in [1.29, 1.82) is 0 Å². The van der Waals surface area contributed by atoms with E-state index in [1.54, 1.807) is 0 Å². The molecule has 1 atom stereocenters. The molecule has 2 heterocycles. The fourth-order valence-electron chi connectivity index (χ4n) is 1.98. The molecule has 0 saturated carbocycles. The van der Waals surface area contributed by atoms with Gasteiger partial charge in [-0.1, -0.05) is 12.1 Å². The van der Waals surface area contributed by atoms with E-state index in [1.165, 1.54) is 18.6 Å². The highest BCUT2D eigenvalue weighted by atomic mass is 32.2. The largest absolute Gasteiger partial charge is 0.349 e. The zero-order valence-electron chi connectivity index (χ0n) is 9.47. The number of hydrogen-bond acceptors (Lipinski definition) is 5. The number of fused-ring (bicyclic) bond motifs is 1. The number of aromatic nitrogens is 3. The van der Waals surface area contributed by atoms with E-state index in [9.17, 15) is 0 Å². The van der Waals surface area contributed by atoms with E-state index in [0.717, 1.165) is 16.8 Å². The van der Waals surface area contributed by atoms with Crippen molar-refractivity contribution >= 4 is 28.7 Å². The van der Waals surface area contributed by atoms with E-state index >= 15 is 0 Å². The minimum Gasteiger partial charge on any atom is -0.349 e. The first-order chi connectivity index (χ1) is 8.42. The maximum absolute atomic E-state index is 4.48. The van der Waals surface area contributed by atoms with Gasteiger partial charge in [-0.3, -0.25) is 0 Å². The Kier molecular flexibility index (Phi) is 3.09. The number of benzene rings is 1. The number of rotatable bonds is 2. The van der Waals surface area contributed by atoms with Crippen LogP contribution in [0.15, 0.2) is 24.3 Å². The minimum atomic E-state index is 0.483. The first-order valence-electron chi connectivity index (χ1n) is 5.85. The maximum Gasteiger partial charge on any atom is 0.243 e. The monoisotopic (exact) mass is 246 g/mol. The third-order valence-electron chi connectivity index (χ3n) is 2.85. The van der Waals surface area contributed by atoms with Crippen molar-refractivity contribution in [2.24, 2.45) is 0 Å². The summed E-state index contributed by atoms with van der Waals surface area (Å²) in [6.45, 7) is 0. The van der Waals surface area contributed by atoms with Crippen LogP contribution < -0.4 is 5.32 Å². The van der Waals surface area contributed by atoms with Gasteiger partial charge in [-0.2, -0.15) is 11.8 Å². The summed E-state index contributed by atoms with van der Waals surface area (Å²) in [7, 11) is 0. The van der Waals surface area contributed by atoms with E-state index in [2.05, 4.69) is 20.5 Å². The van der Waals surface area contributed by atoms with Gasteiger partial charge in [0.1, 0.15) is 5.52 Å². The fourth-order valence-corrected chi connectivity index (χ4v) is 3.05. The topological polar surface area (TPSA) is 50.7 Å². The van der Waals surface area contributed by atoms with Crippen LogP contribution in [0.2, 0.25) is 0 Å². The van der Waals surface area contributed by atoms with Crippen molar-refractivity contribution in [2.75, 3.05) is 16.8 Å². The highest BCUT2D eigenvalue weighted by molar-refractivity contribution is 7.99. The van der Waals surface area contributed by atoms with E-state index < -0.39 is 0 Å². The summed E-state index contributed by atoms with van der Waals surface area (Å²) in [6, 6.07) is 8.29. The molecule has 2 aromatic rings. The molecule has 1 fully saturated rings. The summed E-state index contributed by atoms with van der Waals surface area (Å²) in [5.41, 5.74) is 1.74. The van der Waals surface area contributed by atoms with Crippen molar-refractivity contribution in [2.45, 2.75) is 18.9 Å². The van der Waals surface area contributed by atoms with Crippen molar-refractivity contribution in [3.63, 3.8) is 0 Å². The second kappa shape index (κ2) is 4.87. The van der Waals surface area contributed by atoms with Gasteiger partial charge in [0.05, 0.1) is 5.52 Å². The minimum absolute atomic E-state index is 0.483. The smallest absolute Gasteiger partial charge is 0.243 e. The van der Waals surface area contributed by atoms with Crippen LogP contribution >= 0.6 is 11.8 Å². The zero-order chi connectivity index (χ0) is 11.5. The lowest BCUT2D eigenvalue weighted by Gasteiger charge is -2.22. The van der Waals surface area contributed by atoms with Gasteiger partial charge in [-0.25, -0.2) is 4.98 Å². The Balaban J connectivity index is 1.80. The lowest BCUT2D eigenvalue weighted by atomic mass is 10.2. The first-order valence-corrected chi connectivity index (χ1v) is 7.01. The van der Waals surface area contributed by atoms with Crippen LogP contribution in [0.25, 0.3) is 11.0 Å². The molecule has 0 radical (unpaired) electrons. The van der Waals surface area contributed by atoms with Crippen LogP contribution in [0.3, 0.4) is 0 Å². The van der Waals surface area contributed by atoms with Gasteiger partial charge in [-0.05, 0) is 30.7 Å². The molecule has 1 N–H and O–H groups in total. The molecule has 0 aliphatic carbocycles. The number of anilines is 1. The highest BCUT2D eigenvalue weighted by Crippen LogP contribution is 2.19. The maximum atomic E-state index is 4.48. The molecule has 1 saturated heterocycles. The summed E-state index contributed by atoms with van der Waals surface area (Å²) >= 11 is 1.99. The SMILES string of the molecule is c1ccc2nc(NC3CCCSC3)nnc2c1. The van der Waals surface area contributed by atoms with Gasteiger partial charge in [-0.15, -0.1) is 10.2 Å². The van der Waals surface area contributed by atoms with Gasteiger partial charge in [0.25, 0.3) is 0 Å². The Labute approximate surface area is 104 Å². The first kappa shape index (κ1) is 10.8. The Hall–Kier alpha value is -1.36. The van der Waals surface area contributed by atoms with Crippen LogP contribution in [0.4, 0.5) is 5.95 Å². The molecule has 1 aliphatic heterocycles. The second-order valence-electron chi connectivity index (χ2n) is 4.18. The lowest BCUT2D eigenvalue weighted by Crippen LogP contribution is -2.26. The van der Waals surface area contributed by atoms with Crippen LogP contribution in [-0.4, -0.2) is 32.7 Å². The number of para-hydroxylation sites is 1. The Morgan fingerprint density at radius 3 is 2.88 bits per heavy atom. The summed E-state index contributed by atoms with van der Waals surface area (Å²) < 4.78 is 0. The van der Waals surface area contributed by atoms with Gasteiger partial charge < -0.3 is 5.32 Å². The molecule has 1 aromatic carbocycles. The molecule has 4 nitrogen and oxygen atoms in total. The quantitative estimate of drug-likeness (QED) is 0.881. The van der Waals surface area contributed by atoms with Crippen molar-refractivity contribution in [3.8, 4) is 0 Å². The van der Waals surface area contributed by atoms with E-state index in [0.29, 0.717) is 12.0 Å². The summed E-state index contributed by atoms with van der Waals surface area (Å²) in [5.74, 6) is 3.06. The van der Waals surface area contributed by atoms with Crippen molar-refractivity contribution in [1.82, 2.24) is 15.2 Å². The van der Waals surface area contributed by atoms with Crippen LogP contribution in [0.5, 0.6) is 0 Å². The molecular weight excluding hydrogens is 232 g/mol. The molecule has 88 valence electrons. The normalized spacial score (nSPS) is 20.4.